The molecule has 2 heterocycles. The van der Waals surface area contributed by atoms with Crippen LogP contribution < -0.4 is 0 Å². The number of benzene rings is 2. The number of amides is 1. The van der Waals surface area contributed by atoms with E-state index in [1.54, 1.807) is 34.4 Å². The number of fused-ring (bicyclic) bond motifs is 2. The number of nitrogens with zero attached hydrogens (tertiary/aromatic N) is 2. The lowest BCUT2D eigenvalue weighted by Crippen LogP contribution is -2.44. The second-order valence-electron chi connectivity index (χ2n) is 7.08. The number of hydrogen-bond acceptors (Lipinski definition) is 4. The van der Waals surface area contributed by atoms with Gasteiger partial charge >= 0.3 is 0 Å². The van der Waals surface area contributed by atoms with E-state index in [4.69, 9.17) is 0 Å². The predicted octanol–water partition coefficient (Wildman–Crippen LogP) is 3.67. The summed E-state index contributed by atoms with van der Waals surface area (Å²) in [5.74, 6) is -0.170. The summed E-state index contributed by atoms with van der Waals surface area (Å²) in [5, 5.41) is 3.89. The van der Waals surface area contributed by atoms with Gasteiger partial charge in [0.15, 0.2) is 0 Å². The van der Waals surface area contributed by atoms with Gasteiger partial charge in [0.1, 0.15) is 0 Å². The molecule has 0 fully saturated rings. The first-order valence-corrected chi connectivity index (χ1v) is 11.5. The standard InChI is InChI=1S/C21H22N2O3S2/c1-15-19-10-12-27-20(19)9-11-23(15)21(24)14-22(2)28(25,26)18-8-7-16-5-3-4-6-17(16)13-18/h3-8,10,12-13,15H,9,11,14H2,1-2H3/t15-/m1/s1. The van der Waals surface area contributed by atoms with E-state index in [-0.39, 0.29) is 23.4 Å². The molecule has 0 N–H and O–H groups in total. The first-order valence-electron chi connectivity index (χ1n) is 9.19. The lowest BCUT2D eigenvalue weighted by molar-refractivity contribution is -0.133. The quantitative estimate of drug-likeness (QED) is 0.655. The SMILES string of the molecule is C[C@@H]1c2ccsc2CCN1C(=O)CN(C)S(=O)(=O)c1ccc2ccccc2c1. The highest BCUT2D eigenvalue weighted by molar-refractivity contribution is 7.89. The van der Waals surface area contributed by atoms with Crippen LogP contribution in [0.2, 0.25) is 0 Å². The van der Waals surface area contributed by atoms with Crippen molar-refractivity contribution in [3.63, 3.8) is 0 Å². The second kappa shape index (κ2) is 7.31. The molecule has 4 rings (SSSR count). The predicted molar refractivity (Wildman–Crippen MR) is 112 cm³/mol. The summed E-state index contributed by atoms with van der Waals surface area (Å²) in [7, 11) is -2.28. The number of carbonyl (C=O) groups is 1. The van der Waals surface area contributed by atoms with E-state index in [0.717, 1.165) is 21.5 Å². The van der Waals surface area contributed by atoms with Crippen molar-refractivity contribution in [3.05, 3.63) is 64.4 Å². The van der Waals surface area contributed by atoms with Crippen molar-refractivity contribution in [2.75, 3.05) is 20.1 Å². The highest BCUT2D eigenvalue weighted by Gasteiger charge is 2.31. The zero-order chi connectivity index (χ0) is 19.9. The maximum Gasteiger partial charge on any atom is 0.243 e. The Balaban J connectivity index is 1.53. The molecule has 5 nitrogen and oxygen atoms in total. The van der Waals surface area contributed by atoms with Gasteiger partial charge in [0.05, 0.1) is 17.5 Å². The van der Waals surface area contributed by atoms with E-state index in [0.29, 0.717) is 6.54 Å². The van der Waals surface area contributed by atoms with E-state index < -0.39 is 10.0 Å². The minimum Gasteiger partial charge on any atom is -0.334 e. The number of rotatable bonds is 4. The zero-order valence-corrected chi connectivity index (χ0v) is 17.5. The summed E-state index contributed by atoms with van der Waals surface area (Å²) in [5.41, 5.74) is 1.17. The third-order valence-corrected chi connectivity index (χ3v) is 8.18. The Morgan fingerprint density at radius 3 is 2.71 bits per heavy atom. The topological polar surface area (TPSA) is 57.7 Å². The average molecular weight is 415 g/mol. The largest absolute Gasteiger partial charge is 0.334 e. The second-order valence-corrected chi connectivity index (χ2v) is 10.1. The monoisotopic (exact) mass is 414 g/mol. The van der Waals surface area contributed by atoms with Gasteiger partial charge in [-0.1, -0.05) is 30.3 Å². The molecule has 28 heavy (non-hydrogen) atoms. The number of carbonyl (C=O) groups excluding carboxylic acids is 1. The van der Waals surface area contributed by atoms with Crippen LogP contribution in [0.25, 0.3) is 10.8 Å². The van der Waals surface area contributed by atoms with Gasteiger partial charge in [0.25, 0.3) is 0 Å². The molecule has 1 aromatic heterocycles. The number of sulfonamides is 1. The first kappa shape index (κ1) is 19.1. The Kier molecular flexibility index (Phi) is 4.99. The molecule has 0 unspecified atom stereocenters. The maximum atomic E-state index is 13.0. The Labute approximate surface area is 169 Å². The Morgan fingerprint density at radius 1 is 1.18 bits per heavy atom. The fourth-order valence-corrected chi connectivity index (χ4v) is 5.84. The first-order chi connectivity index (χ1) is 13.4. The van der Waals surface area contributed by atoms with Gasteiger partial charge in [-0.15, -0.1) is 11.3 Å². The van der Waals surface area contributed by atoms with Gasteiger partial charge in [0, 0.05) is 18.5 Å². The zero-order valence-electron chi connectivity index (χ0n) is 15.8. The van der Waals surface area contributed by atoms with E-state index in [1.165, 1.54) is 17.5 Å². The van der Waals surface area contributed by atoms with Gasteiger partial charge in [-0.3, -0.25) is 4.79 Å². The van der Waals surface area contributed by atoms with Crippen LogP contribution in [-0.2, 0) is 21.2 Å². The van der Waals surface area contributed by atoms with Gasteiger partial charge in [-0.05, 0) is 53.3 Å². The molecule has 3 aromatic rings. The van der Waals surface area contributed by atoms with E-state index in [2.05, 4.69) is 6.07 Å². The molecular formula is C21H22N2O3S2. The molecule has 1 aliphatic rings. The smallest absolute Gasteiger partial charge is 0.243 e. The molecule has 7 heteroatoms. The minimum absolute atomic E-state index is 0.0285. The lowest BCUT2D eigenvalue weighted by atomic mass is 10.0. The fourth-order valence-electron chi connectivity index (χ4n) is 3.72. The third kappa shape index (κ3) is 3.34. The number of hydrogen-bond donors (Lipinski definition) is 0. The summed E-state index contributed by atoms with van der Waals surface area (Å²) in [6.07, 6.45) is 0.824. The van der Waals surface area contributed by atoms with Crippen molar-refractivity contribution < 1.29 is 13.2 Å². The summed E-state index contributed by atoms with van der Waals surface area (Å²) in [6, 6.07) is 14.7. The molecule has 2 aromatic carbocycles. The highest BCUT2D eigenvalue weighted by atomic mass is 32.2. The fraction of sp³-hybridized carbons (Fsp3) is 0.286. The summed E-state index contributed by atoms with van der Waals surface area (Å²) >= 11 is 1.71. The molecule has 0 spiro atoms. The Morgan fingerprint density at radius 2 is 1.93 bits per heavy atom. The molecule has 0 aliphatic carbocycles. The van der Waals surface area contributed by atoms with Gasteiger partial charge < -0.3 is 4.90 Å². The van der Waals surface area contributed by atoms with Crippen LogP contribution in [0.3, 0.4) is 0 Å². The third-order valence-electron chi connectivity index (χ3n) is 5.38. The van der Waals surface area contributed by atoms with Crippen LogP contribution in [0.1, 0.15) is 23.4 Å². The molecule has 0 radical (unpaired) electrons. The van der Waals surface area contributed by atoms with Crippen LogP contribution in [0.5, 0.6) is 0 Å². The minimum atomic E-state index is -3.74. The van der Waals surface area contributed by atoms with E-state index >= 15 is 0 Å². The molecule has 0 saturated carbocycles. The normalized spacial score (nSPS) is 17.1. The van der Waals surface area contributed by atoms with Crippen LogP contribution in [0.4, 0.5) is 0 Å². The lowest BCUT2D eigenvalue weighted by Gasteiger charge is -2.34. The average Bonchev–Trinajstić information content (AvgIpc) is 3.17. The van der Waals surface area contributed by atoms with Gasteiger partial charge in [-0.2, -0.15) is 4.31 Å². The van der Waals surface area contributed by atoms with Crippen molar-refractivity contribution in [3.8, 4) is 0 Å². The van der Waals surface area contributed by atoms with Crippen molar-refractivity contribution >= 4 is 38.0 Å². The van der Waals surface area contributed by atoms with Crippen LogP contribution in [0, 0.1) is 0 Å². The van der Waals surface area contributed by atoms with Crippen molar-refractivity contribution in [1.82, 2.24) is 9.21 Å². The van der Waals surface area contributed by atoms with Crippen molar-refractivity contribution in [1.29, 1.82) is 0 Å². The van der Waals surface area contributed by atoms with Crippen LogP contribution in [0.15, 0.2) is 58.8 Å². The highest BCUT2D eigenvalue weighted by Crippen LogP contribution is 2.33. The van der Waals surface area contributed by atoms with Crippen molar-refractivity contribution in [2.45, 2.75) is 24.3 Å². The number of thiophene rings is 1. The Hall–Kier alpha value is -2.22. The summed E-state index contributed by atoms with van der Waals surface area (Å²) < 4.78 is 27.1. The van der Waals surface area contributed by atoms with E-state index in [1.807, 2.05) is 36.6 Å². The van der Waals surface area contributed by atoms with Crippen LogP contribution in [-0.4, -0.2) is 43.7 Å². The number of likely N-dealkylation sites (N-methyl/N-ethyl adjacent to an activating group) is 1. The molecule has 0 bridgehead atoms. The van der Waals surface area contributed by atoms with Crippen molar-refractivity contribution in [2.24, 2.45) is 0 Å². The molecule has 0 saturated heterocycles. The molecular weight excluding hydrogens is 392 g/mol. The molecule has 1 aliphatic heterocycles. The molecule has 1 atom stereocenters. The van der Waals surface area contributed by atoms with Gasteiger partial charge in [0.2, 0.25) is 15.9 Å². The van der Waals surface area contributed by atoms with E-state index in [9.17, 15) is 13.2 Å². The molecule has 146 valence electrons. The summed E-state index contributed by atoms with van der Waals surface area (Å²) in [4.78, 5) is 16.2. The maximum absolute atomic E-state index is 13.0. The van der Waals surface area contributed by atoms with Crippen LogP contribution >= 0.6 is 11.3 Å². The van der Waals surface area contributed by atoms with Gasteiger partial charge in [-0.25, -0.2) is 8.42 Å². The Bertz CT molecular complexity index is 1140. The molecule has 1 amide bonds. The summed E-state index contributed by atoms with van der Waals surface area (Å²) in [6.45, 7) is 2.46.